The average Bonchev–Trinajstić information content (AvgIpc) is 2.39. The highest BCUT2D eigenvalue weighted by atomic mass is 16.3. The van der Waals surface area contributed by atoms with Gasteiger partial charge in [0.15, 0.2) is 0 Å². The molecule has 1 aliphatic carbocycles. The van der Waals surface area contributed by atoms with E-state index in [4.69, 9.17) is 0 Å². The first kappa shape index (κ1) is 12.9. The highest BCUT2D eigenvalue weighted by Gasteiger charge is 2.20. The number of aromatic hydroxyl groups is 1. The monoisotopic (exact) mass is 259 g/mol. The summed E-state index contributed by atoms with van der Waals surface area (Å²) in [6.45, 7) is 0. The first-order chi connectivity index (χ1) is 9.09. The number of allylic oxidation sites excluding steroid dienone is 2. The minimum Gasteiger partial charge on any atom is -0.507 e. The van der Waals surface area contributed by atoms with Crippen molar-refractivity contribution in [2.24, 2.45) is 0 Å². The molecule has 0 aromatic heterocycles. The lowest BCUT2D eigenvalue weighted by Crippen LogP contribution is -2.32. The summed E-state index contributed by atoms with van der Waals surface area (Å²) in [5.74, 6) is -1.72. The van der Waals surface area contributed by atoms with Gasteiger partial charge in [-0.3, -0.25) is 14.9 Å². The van der Waals surface area contributed by atoms with Crippen molar-refractivity contribution in [3.8, 4) is 5.75 Å². The van der Waals surface area contributed by atoms with Crippen molar-refractivity contribution in [2.75, 3.05) is 0 Å². The van der Waals surface area contributed by atoms with Crippen molar-refractivity contribution in [3.05, 3.63) is 53.3 Å². The molecule has 1 aromatic carbocycles. The predicted molar refractivity (Wildman–Crippen MR) is 68.6 cm³/mol. The van der Waals surface area contributed by atoms with Gasteiger partial charge in [0.2, 0.25) is 0 Å². The normalized spacial score (nSPS) is 14.3. The van der Waals surface area contributed by atoms with Crippen LogP contribution in [0.15, 0.2) is 47.7 Å². The van der Waals surface area contributed by atoms with Crippen LogP contribution < -0.4 is 5.32 Å². The smallest absolute Gasteiger partial charge is 0.261 e. The second-order valence-electron chi connectivity index (χ2n) is 4.08. The Morgan fingerprint density at radius 3 is 2.37 bits per heavy atom. The number of imide groups is 1. The van der Waals surface area contributed by atoms with E-state index in [2.05, 4.69) is 5.32 Å². The summed E-state index contributed by atoms with van der Waals surface area (Å²) < 4.78 is 0. The van der Waals surface area contributed by atoms with Crippen LogP contribution >= 0.6 is 0 Å². The maximum atomic E-state index is 11.8. The maximum absolute atomic E-state index is 11.8. The van der Waals surface area contributed by atoms with Gasteiger partial charge >= 0.3 is 0 Å². The summed E-state index contributed by atoms with van der Waals surface area (Å²) in [5, 5.41) is 21.2. The Hall–Kier alpha value is -2.56. The lowest BCUT2D eigenvalue weighted by Gasteiger charge is -2.11. The number of phenols is 1. The van der Waals surface area contributed by atoms with E-state index >= 15 is 0 Å². The summed E-state index contributed by atoms with van der Waals surface area (Å²) >= 11 is 0. The number of carbonyl (C=O) groups is 2. The summed E-state index contributed by atoms with van der Waals surface area (Å²) in [6.07, 6.45) is 4.40. The van der Waals surface area contributed by atoms with Crippen molar-refractivity contribution in [2.45, 2.75) is 12.8 Å². The quantitative estimate of drug-likeness (QED) is 0.707. The third kappa shape index (κ3) is 2.82. The van der Waals surface area contributed by atoms with Crippen molar-refractivity contribution < 1.29 is 19.8 Å². The number of phenolic OH excluding ortho intramolecular Hbond substituents is 1. The number of benzene rings is 1. The standard InChI is InChI=1S/C14H13NO4/c16-11-7-3-1-5-9(11)13(18)15-14(19)10-6-2-4-8-12(10)17/h1,3,5-8,16-17H,2,4H2,(H,15,18,19). The number of hydrogen-bond acceptors (Lipinski definition) is 4. The first-order valence-corrected chi connectivity index (χ1v) is 5.83. The molecule has 1 aliphatic rings. The number of nitrogens with one attached hydrogen (secondary N) is 1. The first-order valence-electron chi connectivity index (χ1n) is 5.83. The van der Waals surface area contributed by atoms with Gasteiger partial charge in [-0.1, -0.05) is 18.2 Å². The molecule has 98 valence electrons. The summed E-state index contributed by atoms with van der Waals surface area (Å²) in [7, 11) is 0. The highest BCUT2D eigenvalue weighted by Crippen LogP contribution is 2.18. The topological polar surface area (TPSA) is 86.6 Å². The lowest BCUT2D eigenvalue weighted by atomic mass is 10.0. The summed E-state index contributed by atoms with van der Waals surface area (Å²) in [4.78, 5) is 23.6. The van der Waals surface area contributed by atoms with Crippen molar-refractivity contribution in [1.29, 1.82) is 0 Å². The van der Waals surface area contributed by atoms with Crippen molar-refractivity contribution in [3.63, 3.8) is 0 Å². The Morgan fingerprint density at radius 2 is 1.68 bits per heavy atom. The van der Waals surface area contributed by atoms with Gasteiger partial charge in [0.1, 0.15) is 11.5 Å². The van der Waals surface area contributed by atoms with E-state index in [1.807, 2.05) is 0 Å². The maximum Gasteiger partial charge on any atom is 0.261 e. The minimum absolute atomic E-state index is 0.00993. The molecule has 0 atom stereocenters. The fourth-order valence-electron chi connectivity index (χ4n) is 1.77. The van der Waals surface area contributed by atoms with Crippen LogP contribution in [-0.2, 0) is 4.79 Å². The van der Waals surface area contributed by atoms with Crippen LogP contribution in [0.1, 0.15) is 23.2 Å². The van der Waals surface area contributed by atoms with E-state index < -0.39 is 11.8 Å². The van der Waals surface area contributed by atoms with Gasteiger partial charge in [-0.15, -0.1) is 0 Å². The number of amides is 2. The zero-order chi connectivity index (χ0) is 13.8. The number of carbonyl (C=O) groups excluding carboxylic acids is 2. The van der Waals surface area contributed by atoms with Crippen LogP contribution in [0.5, 0.6) is 5.75 Å². The van der Waals surface area contributed by atoms with E-state index in [0.717, 1.165) is 0 Å². The molecule has 0 radical (unpaired) electrons. The lowest BCUT2D eigenvalue weighted by molar-refractivity contribution is -0.116. The summed E-state index contributed by atoms with van der Waals surface area (Å²) in [6, 6.07) is 5.92. The molecule has 0 saturated carbocycles. The zero-order valence-corrected chi connectivity index (χ0v) is 10.1. The van der Waals surface area contributed by atoms with Gasteiger partial charge < -0.3 is 10.2 Å². The number of hydrogen-bond donors (Lipinski definition) is 3. The predicted octanol–water partition coefficient (Wildman–Crippen LogP) is 1.81. The second kappa shape index (κ2) is 5.39. The molecule has 5 heteroatoms. The van der Waals surface area contributed by atoms with Crippen LogP contribution in [0.4, 0.5) is 0 Å². The molecule has 0 heterocycles. The van der Waals surface area contributed by atoms with E-state index in [0.29, 0.717) is 12.8 Å². The van der Waals surface area contributed by atoms with E-state index in [-0.39, 0.29) is 22.6 Å². The molecule has 5 nitrogen and oxygen atoms in total. The van der Waals surface area contributed by atoms with E-state index in [9.17, 15) is 19.8 Å². The van der Waals surface area contributed by atoms with Crippen molar-refractivity contribution >= 4 is 11.8 Å². The fraction of sp³-hybridized carbons (Fsp3) is 0.143. The SMILES string of the molecule is O=C(NC(=O)c1ccccc1O)C1=CCCC=C1O. The van der Waals surface area contributed by atoms with Gasteiger partial charge in [-0.05, 0) is 31.1 Å². The molecule has 0 spiro atoms. The number of aliphatic hydroxyl groups is 1. The van der Waals surface area contributed by atoms with E-state index in [1.54, 1.807) is 18.2 Å². The second-order valence-corrected chi connectivity index (χ2v) is 4.08. The largest absolute Gasteiger partial charge is 0.507 e. The molecule has 3 N–H and O–H groups in total. The summed E-state index contributed by atoms with van der Waals surface area (Å²) in [5.41, 5.74) is 0.0887. The Bertz CT molecular complexity index is 587. The third-order valence-electron chi connectivity index (χ3n) is 2.75. The fourth-order valence-corrected chi connectivity index (χ4v) is 1.77. The third-order valence-corrected chi connectivity index (χ3v) is 2.75. The van der Waals surface area contributed by atoms with E-state index in [1.165, 1.54) is 18.2 Å². The molecular formula is C14H13NO4. The molecule has 0 fully saturated rings. The molecule has 2 amide bonds. The van der Waals surface area contributed by atoms with Gasteiger partial charge in [0.05, 0.1) is 11.1 Å². The molecular weight excluding hydrogens is 246 g/mol. The zero-order valence-electron chi connectivity index (χ0n) is 10.1. The molecule has 0 saturated heterocycles. The number of aliphatic hydroxyl groups excluding tert-OH is 1. The van der Waals surface area contributed by atoms with Gasteiger partial charge in [-0.25, -0.2) is 0 Å². The molecule has 0 bridgehead atoms. The van der Waals surface area contributed by atoms with Crippen LogP contribution in [0, 0.1) is 0 Å². The number of rotatable bonds is 2. The van der Waals surface area contributed by atoms with Crippen LogP contribution in [-0.4, -0.2) is 22.0 Å². The minimum atomic E-state index is -0.706. The molecule has 1 aromatic rings. The van der Waals surface area contributed by atoms with Crippen LogP contribution in [0.25, 0.3) is 0 Å². The highest BCUT2D eigenvalue weighted by molar-refractivity contribution is 6.12. The van der Waals surface area contributed by atoms with Gasteiger partial charge in [0.25, 0.3) is 11.8 Å². The Kier molecular flexibility index (Phi) is 3.66. The Morgan fingerprint density at radius 1 is 1.00 bits per heavy atom. The molecule has 2 rings (SSSR count). The Labute approximate surface area is 109 Å². The van der Waals surface area contributed by atoms with Crippen LogP contribution in [0.2, 0.25) is 0 Å². The molecule has 0 aliphatic heterocycles. The number of para-hydroxylation sites is 1. The van der Waals surface area contributed by atoms with Gasteiger partial charge in [0, 0.05) is 0 Å². The van der Waals surface area contributed by atoms with Gasteiger partial charge in [-0.2, -0.15) is 0 Å². The Balaban J connectivity index is 2.12. The molecule has 0 unspecified atom stereocenters. The molecule has 19 heavy (non-hydrogen) atoms. The average molecular weight is 259 g/mol. The van der Waals surface area contributed by atoms with Crippen molar-refractivity contribution in [1.82, 2.24) is 5.32 Å². The van der Waals surface area contributed by atoms with Crippen LogP contribution in [0.3, 0.4) is 0 Å².